The molecule has 0 aliphatic heterocycles. The number of furan rings is 1. The maximum absolute atomic E-state index is 12.0. The van der Waals surface area contributed by atoms with E-state index in [1.54, 1.807) is 13.2 Å². The fourth-order valence-electron chi connectivity index (χ4n) is 2.31. The van der Waals surface area contributed by atoms with Crippen LogP contribution in [0.4, 0.5) is 0 Å². The maximum Gasteiger partial charge on any atom is 0.223 e. The van der Waals surface area contributed by atoms with Crippen molar-refractivity contribution in [2.24, 2.45) is 11.8 Å². The number of hydrogen-bond acceptors (Lipinski definition) is 3. The SMILES string of the molecule is CCC(C)C(C)(O)CNC(=O)C1CC1c1ccco1. The van der Waals surface area contributed by atoms with E-state index in [0.717, 1.165) is 18.6 Å². The first-order valence-corrected chi connectivity index (χ1v) is 6.99. The fourth-order valence-corrected chi connectivity index (χ4v) is 2.31. The zero-order valence-corrected chi connectivity index (χ0v) is 11.8. The van der Waals surface area contributed by atoms with Gasteiger partial charge in [-0.05, 0) is 31.4 Å². The molecule has 4 nitrogen and oxygen atoms in total. The van der Waals surface area contributed by atoms with Crippen LogP contribution in [0.1, 0.15) is 45.3 Å². The van der Waals surface area contributed by atoms with Crippen molar-refractivity contribution >= 4 is 5.91 Å². The Hall–Kier alpha value is -1.29. The lowest BCUT2D eigenvalue weighted by Crippen LogP contribution is -2.45. The number of amides is 1. The molecule has 1 heterocycles. The molecule has 1 aromatic rings. The molecule has 0 saturated heterocycles. The van der Waals surface area contributed by atoms with E-state index >= 15 is 0 Å². The third-order valence-corrected chi connectivity index (χ3v) is 4.33. The summed E-state index contributed by atoms with van der Waals surface area (Å²) in [5, 5.41) is 13.1. The van der Waals surface area contributed by atoms with Gasteiger partial charge in [0.05, 0.1) is 11.9 Å². The molecule has 2 rings (SSSR count). The van der Waals surface area contributed by atoms with Crippen LogP contribution in [0.2, 0.25) is 0 Å². The minimum Gasteiger partial charge on any atom is -0.469 e. The summed E-state index contributed by atoms with van der Waals surface area (Å²) in [7, 11) is 0. The predicted octanol–water partition coefficient (Wildman–Crippen LogP) is 2.30. The zero-order valence-electron chi connectivity index (χ0n) is 11.8. The van der Waals surface area contributed by atoms with Crippen LogP contribution in [0.15, 0.2) is 22.8 Å². The molecule has 1 aromatic heterocycles. The molecule has 0 bridgehead atoms. The molecule has 0 radical (unpaired) electrons. The molecule has 4 unspecified atom stereocenters. The minimum absolute atomic E-state index is 0.00103. The molecule has 1 aliphatic rings. The molecule has 2 N–H and O–H groups in total. The number of aliphatic hydroxyl groups is 1. The highest BCUT2D eigenvalue weighted by Crippen LogP contribution is 2.47. The van der Waals surface area contributed by atoms with Crippen LogP contribution in [0, 0.1) is 11.8 Å². The van der Waals surface area contributed by atoms with Crippen molar-refractivity contribution in [3.8, 4) is 0 Å². The van der Waals surface area contributed by atoms with Crippen molar-refractivity contribution in [2.45, 2.75) is 45.1 Å². The van der Waals surface area contributed by atoms with E-state index in [-0.39, 0.29) is 23.7 Å². The topological polar surface area (TPSA) is 62.5 Å². The standard InChI is InChI=1S/C15H23NO3/c1-4-10(2)15(3,18)9-16-14(17)12-8-11(12)13-6-5-7-19-13/h5-7,10-12,18H,4,8-9H2,1-3H3,(H,16,17). The van der Waals surface area contributed by atoms with E-state index in [0.29, 0.717) is 6.54 Å². The van der Waals surface area contributed by atoms with Crippen LogP contribution in [-0.4, -0.2) is 23.2 Å². The Bertz CT molecular complexity index is 425. The third-order valence-electron chi connectivity index (χ3n) is 4.33. The van der Waals surface area contributed by atoms with E-state index in [9.17, 15) is 9.90 Å². The van der Waals surface area contributed by atoms with Crippen molar-refractivity contribution in [1.29, 1.82) is 0 Å². The molecule has 1 amide bonds. The first-order chi connectivity index (χ1) is 8.95. The summed E-state index contributed by atoms with van der Waals surface area (Å²) in [6, 6.07) is 3.75. The lowest BCUT2D eigenvalue weighted by atomic mass is 9.88. The third kappa shape index (κ3) is 3.18. The fraction of sp³-hybridized carbons (Fsp3) is 0.667. The van der Waals surface area contributed by atoms with Crippen LogP contribution in [0.5, 0.6) is 0 Å². The molecule has 1 aliphatic carbocycles. The lowest BCUT2D eigenvalue weighted by Gasteiger charge is -2.29. The molecule has 1 fully saturated rings. The Morgan fingerprint density at radius 1 is 1.68 bits per heavy atom. The Balaban J connectivity index is 1.80. The molecule has 1 saturated carbocycles. The second-order valence-electron chi connectivity index (χ2n) is 5.85. The zero-order chi connectivity index (χ0) is 14.0. The molecular weight excluding hydrogens is 242 g/mol. The van der Waals surface area contributed by atoms with Crippen molar-refractivity contribution in [2.75, 3.05) is 6.54 Å². The summed E-state index contributed by atoms with van der Waals surface area (Å²) in [6.07, 6.45) is 3.36. The van der Waals surface area contributed by atoms with E-state index in [1.165, 1.54) is 0 Å². The van der Waals surface area contributed by atoms with Gasteiger partial charge in [0.15, 0.2) is 0 Å². The van der Waals surface area contributed by atoms with Gasteiger partial charge in [0, 0.05) is 18.4 Å². The summed E-state index contributed by atoms with van der Waals surface area (Å²) < 4.78 is 5.31. The van der Waals surface area contributed by atoms with Gasteiger partial charge < -0.3 is 14.8 Å². The average Bonchev–Trinajstić information content (AvgIpc) is 3.01. The van der Waals surface area contributed by atoms with Crippen molar-refractivity contribution in [3.63, 3.8) is 0 Å². The van der Waals surface area contributed by atoms with Crippen LogP contribution < -0.4 is 5.32 Å². The van der Waals surface area contributed by atoms with Gasteiger partial charge in [-0.1, -0.05) is 20.3 Å². The minimum atomic E-state index is -0.848. The van der Waals surface area contributed by atoms with Crippen molar-refractivity contribution in [3.05, 3.63) is 24.2 Å². The van der Waals surface area contributed by atoms with E-state index in [1.807, 2.05) is 26.0 Å². The molecule has 4 atom stereocenters. The van der Waals surface area contributed by atoms with Crippen LogP contribution in [0.25, 0.3) is 0 Å². The Kier molecular flexibility index (Phi) is 3.99. The van der Waals surface area contributed by atoms with E-state index in [4.69, 9.17) is 4.42 Å². The molecular formula is C15H23NO3. The average molecular weight is 265 g/mol. The largest absolute Gasteiger partial charge is 0.469 e. The molecule has 0 spiro atoms. The number of rotatable bonds is 6. The van der Waals surface area contributed by atoms with Gasteiger partial charge in [0.2, 0.25) is 5.91 Å². The summed E-state index contributed by atoms with van der Waals surface area (Å²) in [5.41, 5.74) is -0.848. The molecule has 0 aromatic carbocycles. The molecule has 4 heteroatoms. The summed E-state index contributed by atoms with van der Waals surface area (Å²) in [5.74, 6) is 1.27. The van der Waals surface area contributed by atoms with Gasteiger partial charge >= 0.3 is 0 Å². The first kappa shape index (κ1) is 14.1. The predicted molar refractivity (Wildman–Crippen MR) is 72.6 cm³/mol. The Morgan fingerprint density at radius 3 is 3.00 bits per heavy atom. The summed E-state index contributed by atoms with van der Waals surface area (Å²) in [4.78, 5) is 12.0. The smallest absolute Gasteiger partial charge is 0.223 e. The number of nitrogens with one attached hydrogen (secondary N) is 1. The van der Waals surface area contributed by atoms with Crippen molar-refractivity contribution < 1.29 is 14.3 Å². The summed E-state index contributed by atoms with van der Waals surface area (Å²) >= 11 is 0. The number of carbonyl (C=O) groups excluding carboxylic acids is 1. The van der Waals surface area contributed by atoms with E-state index in [2.05, 4.69) is 5.32 Å². The van der Waals surface area contributed by atoms with Crippen LogP contribution in [0.3, 0.4) is 0 Å². The maximum atomic E-state index is 12.0. The van der Waals surface area contributed by atoms with Gasteiger partial charge in [0.25, 0.3) is 0 Å². The molecule has 106 valence electrons. The highest BCUT2D eigenvalue weighted by Gasteiger charge is 2.46. The van der Waals surface area contributed by atoms with Gasteiger partial charge in [-0.15, -0.1) is 0 Å². The van der Waals surface area contributed by atoms with Gasteiger partial charge in [-0.2, -0.15) is 0 Å². The Morgan fingerprint density at radius 2 is 2.42 bits per heavy atom. The van der Waals surface area contributed by atoms with Gasteiger partial charge in [0.1, 0.15) is 5.76 Å². The van der Waals surface area contributed by atoms with Crippen LogP contribution >= 0.6 is 0 Å². The van der Waals surface area contributed by atoms with E-state index < -0.39 is 5.60 Å². The van der Waals surface area contributed by atoms with Crippen molar-refractivity contribution in [1.82, 2.24) is 5.32 Å². The normalized spacial score (nSPS) is 26.5. The van der Waals surface area contributed by atoms with Gasteiger partial charge in [-0.3, -0.25) is 4.79 Å². The van der Waals surface area contributed by atoms with Crippen LogP contribution in [-0.2, 0) is 4.79 Å². The summed E-state index contributed by atoms with van der Waals surface area (Å²) in [6.45, 7) is 6.12. The number of hydrogen-bond donors (Lipinski definition) is 2. The highest BCUT2D eigenvalue weighted by molar-refractivity contribution is 5.82. The number of carbonyl (C=O) groups is 1. The second-order valence-corrected chi connectivity index (χ2v) is 5.85. The monoisotopic (exact) mass is 265 g/mol. The second kappa shape index (κ2) is 5.37. The highest BCUT2D eigenvalue weighted by atomic mass is 16.3. The Labute approximate surface area is 114 Å². The van der Waals surface area contributed by atoms with Gasteiger partial charge in [-0.25, -0.2) is 0 Å². The first-order valence-electron chi connectivity index (χ1n) is 6.99. The molecule has 19 heavy (non-hydrogen) atoms. The quantitative estimate of drug-likeness (QED) is 0.829. The lowest BCUT2D eigenvalue weighted by molar-refractivity contribution is -0.124.